The molecule has 3 nitrogen and oxygen atoms in total. The molecule has 1 aromatic carbocycles. The van der Waals surface area contributed by atoms with E-state index in [4.69, 9.17) is 4.74 Å². The van der Waals surface area contributed by atoms with Gasteiger partial charge in [-0.1, -0.05) is 26.0 Å². The molecule has 0 bridgehead atoms. The zero-order valence-corrected chi connectivity index (χ0v) is 12.6. The van der Waals surface area contributed by atoms with Gasteiger partial charge in [0.15, 0.2) is 0 Å². The largest absolute Gasteiger partial charge is 0.496 e. The van der Waals surface area contributed by atoms with Crippen molar-refractivity contribution < 1.29 is 4.74 Å². The number of hydrogen-bond donors (Lipinski definition) is 1. The van der Waals surface area contributed by atoms with E-state index in [1.54, 1.807) is 7.11 Å². The molecule has 1 fully saturated rings. The summed E-state index contributed by atoms with van der Waals surface area (Å²) in [6, 6.07) is 7.02. The predicted molar refractivity (Wildman–Crippen MR) is 79.9 cm³/mol. The average Bonchev–Trinajstić information content (AvgIpc) is 2.46. The Hall–Kier alpha value is -1.06. The Bertz CT molecular complexity index is 411. The zero-order chi connectivity index (χ0) is 13.8. The van der Waals surface area contributed by atoms with Crippen LogP contribution in [0.4, 0.5) is 0 Å². The summed E-state index contributed by atoms with van der Waals surface area (Å²) in [6.45, 7) is 11.1. The van der Waals surface area contributed by atoms with Gasteiger partial charge < -0.3 is 10.1 Å². The molecule has 1 atom stereocenters. The van der Waals surface area contributed by atoms with Crippen LogP contribution < -0.4 is 10.1 Å². The average molecular weight is 262 g/mol. The standard InChI is InChI=1S/C16H26N2O/c1-12(2)14-5-6-16(19-4)15(11-14)13(3)18-9-7-17-8-10-18/h5-6,11-13,17H,7-10H2,1-4H3. The maximum atomic E-state index is 5.55. The maximum absolute atomic E-state index is 5.55. The number of ether oxygens (including phenoxy) is 1. The van der Waals surface area contributed by atoms with E-state index in [-0.39, 0.29) is 0 Å². The second-order valence-electron chi connectivity index (χ2n) is 5.62. The highest BCUT2D eigenvalue weighted by atomic mass is 16.5. The number of hydrogen-bond acceptors (Lipinski definition) is 3. The van der Waals surface area contributed by atoms with Crippen LogP contribution in [0.3, 0.4) is 0 Å². The lowest BCUT2D eigenvalue weighted by Crippen LogP contribution is -2.44. The fourth-order valence-electron chi connectivity index (χ4n) is 2.70. The quantitative estimate of drug-likeness (QED) is 0.903. The number of nitrogens with zero attached hydrogens (tertiary/aromatic N) is 1. The summed E-state index contributed by atoms with van der Waals surface area (Å²) in [5.41, 5.74) is 2.70. The van der Waals surface area contributed by atoms with Crippen LogP contribution in [0.2, 0.25) is 0 Å². The molecule has 19 heavy (non-hydrogen) atoms. The molecule has 1 aliphatic rings. The van der Waals surface area contributed by atoms with Crippen molar-refractivity contribution in [1.82, 2.24) is 10.2 Å². The molecule has 0 radical (unpaired) electrons. The minimum atomic E-state index is 0.413. The van der Waals surface area contributed by atoms with Crippen molar-refractivity contribution in [1.29, 1.82) is 0 Å². The normalized spacial score (nSPS) is 18.6. The lowest BCUT2D eigenvalue weighted by Gasteiger charge is -2.34. The number of nitrogens with one attached hydrogen (secondary N) is 1. The Morgan fingerprint density at radius 3 is 2.42 bits per heavy atom. The van der Waals surface area contributed by atoms with Crippen LogP contribution in [0.25, 0.3) is 0 Å². The molecular weight excluding hydrogens is 236 g/mol. The Morgan fingerprint density at radius 1 is 1.16 bits per heavy atom. The first kappa shape index (κ1) is 14.4. The minimum Gasteiger partial charge on any atom is -0.496 e. The Kier molecular flexibility index (Phi) is 4.83. The molecule has 0 amide bonds. The molecule has 1 unspecified atom stereocenters. The molecule has 1 heterocycles. The van der Waals surface area contributed by atoms with Gasteiger partial charge >= 0.3 is 0 Å². The van der Waals surface area contributed by atoms with E-state index in [0.717, 1.165) is 31.9 Å². The van der Waals surface area contributed by atoms with Gasteiger partial charge in [-0.2, -0.15) is 0 Å². The summed E-state index contributed by atoms with van der Waals surface area (Å²) in [5, 5.41) is 3.41. The Balaban J connectivity index is 2.27. The van der Waals surface area contributed by atoms with Crippen molar-refractivity contribution in [2.24, 2.45) is 0 Å². The predicted octanol–water partition coefficient (Wildman–Crippen LogP) is 2.78. The lowest BCUT2D eigenvalue weighted by molar-refractivity contribution is 0.182. The number of piperazine rings is 1. The Labute approximate surface area is 116 Å². The van der Waals surface area contributed by atoms with E-state index in [0.29, 0.717) is 12.0 Å². The molecule has 106 valence electrons. The second kappa shape index (κ2) is 6.40. The number of rotatable bonds is 4. The fourth-order valence-corrected chi connectivity index (χ4v) is 2.70. The molecule has 1 saturated heterocycles. The van der Waals surface area contributed by atoms with Gasteiger partial charge in [-0.05, 0) is 24.5 Å². The summed E-state index contributed by atoms with van der Waals surface area (Å²) in [6.07, 6.45) is 0. The van der Waals surface area contributed by atoms with Gasteiger partial charge in [0, 0.05) is 37.8 Å². The van der Waals surface area contributed by atoms with Crippen molar-refractivity contribution in [3.05, 3.63) is 29.3 Å². The van der Waals surface area contributed by atoms with Crippen molar-refractivity contribution in [2.75, 3.05) is 33.3 Å². The summed E-state index contributed by atoms with van der Waals surface area (Å²) in [5.74, 6) is 1.57. The van der Waals surface area contributed by atoms with E-state index >= 15 is 0 Å². The van der Waals surface area contributed by atoms with Gasteiger partial charge in [0.1, 0.15) is 5.75 Å². The van der Waals surface area contributed by atoms with Crippen LogP contribution in [0.1, 0.15) is 43.9 Å². The first-order valence-corrected chi connectivity index (χ1v) is 7.26. The molecule has 1 N–H and O–H groups in total. The van der Waals surface area contributed by atoms with Crippen molar-refractivity contribution in [3.63, 3.8) is 0 Å². The highest BCUT2D eigenvalue weighted by Gasteiger charge is 2.21. The summed E-state index contributed by atoms with van der Waals surface area (Å²) in [4.78, 5) is 2.53. The molecule has 0 spiro atoms. The highest BCUT2D eigenvalue weighted by molar-refractivity contribution is 5.40. The maximum Gasteiger partial charge on any atom is 0.123 e. The summed E-state index contributed by atoms with van der Waals surface area (Å²) in [7, 11) is 1.76. The molecule has 2 rings (SSSR count). The molecule has 0 aliphatic carbocycles. The van der Waals surface area contributed by atoms with Gasteiger partial charge in [0.05, 0.1) is 7.11 Å². The fraction of sp³-hybridized carbons (Fsp3) is 0.625. The van der Waals surface area contributed by atoms with Gasteiger partial charge in [0.2, 0.25) is 0 Å². The molecule has 0 saturated carbocycles. The van der Waals surface area contributed by atoms with Crippen LogP contribution in [0, 0.1) is 0 Å². The van der Waals surface area contributed by atoms with Crippen LogP contribution in [0.5, 0.6) is 5.75 Å². The first-order chi connectivity index (χ1) is 9.13. The van der Waals surface area contributed by atoms with Gasteiger partial charge in [-0.15, -0.1) is 0 Å². The third-order valence-electron chi connectivity index (χ3n) is 4.07. The van der Waals surface area contributed by atoms with Crippen LogP contribution in [-0.4, -0.2) is 38.2 Å². The van der Waals surface area contributed by atoms with Crippen molar-refractivity contribution in [3.8, 4) is 5.75 Å². The third kappa shape index (κ3) is 3.28. The molecular formula is C16H26N2O. The third-order valence-corrected chi connectivity index (χ3v) is 4.07. The SMILES string of the molecule is COc1ccc(C(C)C)cc1C(C)N1CCNCC1. The molecule has 1 aliphatic heterocycles. The van der Waals surface area contributed by atoms with E-state index in [1.165, 1.54) is 11.1 Å². The molecule has 1 aromatic rings. The lowest BCUT2D eigenvalue weighted by atomic mass is 9.96. The summed E-state index contributed by atoms with van der Waals surface area (Å²) < 4.78 is 5.55. The minimum absolute atomic E-state index is 0.413. The van der Waals surface area contributed by atoms with Crippen molar-refractivity contribution >= 4 is 0 Å². The Morgan fingerprint density at radius 2 is 1.84 bits per heavy atom. The molecule has 3 heteroatoms. The smallest absolute Gasteiger partial charge is 0.123 e. The van der Waals surface area contributed by atoms with Gasteiger partial charge in [-0.3, -0.25) is 4.90 Å². The van der Waals surface area contributed by atoms with E-state index in [2.05, 4.69) is 49.2 Å². The second-order valence-corrected chi connectivity index (χ2v) is 5.62. The highest BCUT2D eigenvalue weighted by Crippen LogP contribution is 2.32. The van der Waals surface area contributed by atoms with Crippen LogP contribution >= 0.6 is 0 Å². The first-order valence-electron chi connectivity index (χ1n) is 7.26. The van der Waals surface area contributed by atoms with Crippen molar-refractivity contribution in [2.45, 2.75) is 32.7 Å². The van der Waals surface area contributed by atoms with E-state index in [9.17, 15) is 0 Å². The van der Waals surface area contributed by atoms with Crippen LogP contribution in [-0.2, 0) is 0 Å². The monoisotopic (exact) mass is 262 g/mol. The summed E-state index contributed by atoms with van der Waals surface area (Å²) >= 11 is 0. The van der Waals surface area contributed by atoms with Gasteiger partial charge in [-0.25, -0.2) is 0 Å². The zero-order valence-electron chi connectivity index (χ0n) is 12.6. The molecule has 0 aromatic heterocycles. The van der Waals surface area contributed by atoms with Crippen LogP contribution in [0.15, 0.2) is 18.2 Å². The number of benzene rings is 1. The van der Waals surface area contributed by atoms with Gasteiger partial charge in [0.25, 0.3) is 0 Å². The van der Waals surface area contributed by atoms with E-state index < -0.39 is 0 Å². The van der Waals surface area contributed by atoms with E-state index in [1.807, 2.05) is 0 Å². The number of methoxy groups -OCH3 is 1. The topological polar surface area (TPSA) is 24.5 Å².